The molecule has 1 N–H and O–H groups in total. The Hall–Kier alpha value is -1.64. The summed E-state index contributed by atoms with van der Waals surface area (Å²) in [5.41, 5.74) is 2.00. The fraction of sp³-hybridized carbons (Fsp3) is 0.385. The first-order chi connectivity index (χ1) is 7.70. The van der Waals surface area contributed by atoms with Crippen LogP contribution in [0.25, 0.3) is 0 Å². The zero-order chi connectivity index (χ0) is 11.5. The topological polar surface area (TPSA) is 46.2 Å². The van der Waals surface area contributed by atoms with Crippen LogP contribution in [0.1, 0.15) is 25.3 Å². The largest absolute Gasteiger partial charge is 0.326 e. The van der Waals surface area contributed by atoms with Crippen molar-refractivity contribution in [1.29, 1.82) is 0 Å². The van der Waals surface area contributed by atoms with E-state index in [2.05, 4.69) is 12.2 Å². The highest BCUT2D eigenvalue weighted by Crippen LogP contribution is 2.25. The number of carbonyl (C=O) groups excluding carboxylic acids is 2. The monoisotopic (exact) mass is 217 g/mol. The second kappa shape index (κ2) is 4.47. The number of Topliss-reactive ketones (excluding diaryl/α,β-unsaturated/α-hetero) is 1. The van der Waals surface area contributed by atoms with Gasteiger partial charge in [0.15, 0.2) is 0 Å². The molecular weight excluding hydrogens is 202 g/mol. The van der Waals surface area contributed by atoms with Crippen molar-refractivity contribution in [3.63, 3.8) is 0 Å². The van der Waals surface area contributed by atoms with Crippen LogP contribution in [0.5, 0.6) is 0 Å². The molecule has 2 rings (SSSR count). The van der Waals surface area contributed by atoms with E-state index in [1.807, 2.05) is 24.3 Å². The van der Waals surface area contributed by atoms with Crippen LogP contribution >= 0.6 is 0 Å². The smallest absolute Gasteiger partial charge is 0.228 e. The second-order valence-electron chi connectivity index (χ2n) is 4.14. The van der Waals surface area contributed by atoms with Crippen LogP contribution in [-0.4, -0.2) is 11.7 Å². The van der Waals surface area contributed by atoms with E-state index in [4.69, 9.17) is 0 Å². The maximum absolute atomic E-state index is 11.7. The van der Waals surface area contributed by atoms with Crippen molar-refractivity contribution in [3.05, 3.63) is 29.8 Å². The number of nitrogens with one attached hydrogen (secondary N) is 1. The van der Waals surface area contributed by atoms with Crippen LogP contribution in [0.15, 0.2) is 24.3 Å². The molecule has 1 saturated carbocycles. The molecule has 1 aromatic carbocycles. The molecule has 0 radical (unpaired) electrons. The van der Waals surface area contributed by atoms with Crippen LogP contribution in [0.4, 0.5) is 5.69 Å². The molecule has 0 heterocycles. The summed E-state index contributed by atoms with van der Waals surface area (Å²) in [7, 11) is 0. The van der Waals surface area contributed by atoms with Crippen molar-refractivity contribution in [2.45, 2.75) is 26.2 Å². The number of benzene rings is 1. The fourth-order valence-electron chi connectivity index (χ4n) is 1.86. The number of carbonyl (C=O) groups is 2. The quantitative estimate of drug-likeness (QED) is 0.843. The third-order valence-corrected chi connectivity index (χ3v) is 2.98. The number of para-hydroxylation sites is 1. The summed E-state index contributed by atoms with van der Waals surface area (Å²) in [6.45, 7) is 2.05. The van der Waals surface area contributed by atoms with Crippen molar-refractivity contribution >= 4 is 17.4 Å². The number of aryl methyl sites for hydroxylation is 1. The lowest BCUT2D eigenvalue weighted by molar-refractivity contribution is -0.135. The third-order valence-electron chi connectivity index (χ3n) is 2.98. The van der Waals surface area contributed by atoms with Gasteiger partial charge >= 0.3 is 0 Å². The molecule has 0 bridgehead atoms. The molecule has 0 aromatic heterocycles. The average molecular weight is 217 g/mol. The first kappa shape index (κ1) is 10.9. The van der Waals surface area contributed by atoms with Crippen molar-refractivity contribution in [1.82, 2.24) is 0 Å². The summed E-state index contributed by atoms with van der Waals surface area (Å²) in [6, 6.07) is 7.76. The summed E-state index contributed by atoms with van der Waals surface area (Å²) in [5, 5.41) is 2.89. The van der Waals surface area contributed by atoms with Crippen LogP contribution < -0.4 is 5.32 Å². The van der Waals surface area contributed by atoms with Gasteiger partial charge < -0.3 is 5.32 Å². The molecule has 1 amide bonds. The Balaban J connectivity index is 2.03. The highest BCUT2D eigenvalue weighted by molar-refractivity contribution is 6.02. The Morgan fingerprint density at radius 1 is 1.38 bits per heavy atom. The van der Waals surface area contributed by atoms with E-state index >= 15 is 0 Å². The summed E-state index contributed by atoms with van der Waals surface area (Å²) in [5.74, 6) is 0.0434. The van der Waals surface area contributed by atoms with Crippen LogP contribution in [0, 0.1) is 5.92 Å². The Bertz CT molecular complexity index is 418. The molecule has 1 aliphatic rings. The molecule has 0 atom stereocenters. The molecule has 1 aromatic rings. The first-order valence-corrected chi connectivity index (χ1v) is 5.61. The van der Waals surface area contributed by atoms with Gasteiger partial charge in [-0.2, -0.15) is 0 Å². The maximum atomic E-state index is 11.7. The predicted octanol–water partition coefficient (Wildman–Crippen LogP) is 2.17. The van der Waals surface area contributed by atoms with E-state index in [9.17, 15) is 9.59 Å². The van der Waals surface area contributed by atoms with Crippen LogP contribution in [0.2, 0.25) is 0 Å². The number of hydrogen-bond acceptors (Lipinski definition) is 2. The summed E-state index contributed by atoms with van der Waals surface area (Å²) >= 11 is 0. The molecule has 16 heavy (non-hydrogen) atoms. The van der Waals surface area contributed by atoms with Gasteiger partial charge in [-0.3, -0.25) is 9.59 Å². The van der Waals surface area contributed by atoms with Gasteiger partial charge in [0, 0.05) is 18.5 Å². The van der Waals surface area contributed by atoms with Gasteiger partial charge in [0.25, 0.3) is 0 Å². The van der Waals surface area contributed by atoms with Crippen LogP contribution in [0.3, 0.4) is 0 Å². The highest BCUT2D eigenvalue weighted by Gasteiger charge is 2.32. The Morgan fingerprint density at radius 2 is 2.06 bits per heavy atom. The zero-order valence-corrected chi connectivity index (χ0v) is 9.32. The Morgan fingerprint density at radius 3 is 2.69 bits per heavy atom. The van der Waals surface area contributed by atoms with Crippen LogP contribution in [-0.2, 0) is 16.0 Å². The molecule has 3 nitrogen and oxygen atoms in total. The molecular formula is C13H15NO2. The van der Waals surface area contributed by atoms with E-state index in [-0.39, 0.29) is 17.6 Å². The van der Waals surface area contributed by atoms with E-state index in [0.717, 1.165) is 17.7 Å². The molecule has 0 spiro atoms. The number of rotatable bonds is 3. The van der Waals surface area contributed by atoms with Crippen molar-refractivity contribution in [3.8, 4) is 0 Å². The zero-order valence-electron chi connectivity index (χ0n) is 9.32. The van der Waals surface area contributed by atoms with Gasteiger partial charge in [0.1, 0.15) is 5.78 Å². The summed E-state index contributed by atoms with van der Waals surface area (Å²) < 4.78 is 0. The van der Waals surface area contributed by atoms with E-state index in [0.29, 0.717) is 12.8 Å². The minimum atomic E-state index is -0.114. The van der Waals surface area contributed by atoms with E-state index in [1.165, 1.54) is 0 Å². The van der Waals surface area contributed by atoms with Crippen molar-refractivity contribution in [2.75, 3.05) is 5.32 Å². The standard InChI is InChI=1S/C13H15NO2/c1-2-9-5-3-4-6-12(9)14-13(16)10-7-11(15)8-10/h3-6,10H,2,7-8H2,1H3,(H,14,16). The second-order valence-corrected chi connectivity index (χ2v) is 4.14. The van der Waals surface area contributed by atoms with E-state index < -0.39 is 0 Å². The lowest BCUT2D eigenvalue weighted by Crippen LogP contribution is -2.34. The third kappa shape index (κ3) is 2.13. The minimum Gasteiger partial charge on any atom is -0.326 e. The van der Waals surface area contributed by atoms with Gasteiger partial charge in [-0.05, 0) is 18.1 Å². The molecule has 0 aliphatic heterocycles. The van der Waals surface area contributed by atoms with Gasteiger partial charge in [-0.25, -0.2) is 0 Å². The van der Waals surface area contributed by atoms with Gasteiger partial charge in [0.05, 0.1) is 5.92 Å². The first-order valence-electron chi connectivity index (χ1n) is 5.61. The SMILES string of the molecule is CCc1ccccc1NC(=O)C1CC(=O)C1. The molecule has 3 heteroatoms. The normalized spacial score (nSPS) is 15.7. The number of hydrogen-bond donors (Lipinski definition) is 1. The van der Waals surface area contributed by atoms with Gasteiger partial charge in [-0.15, -0.1) is 0 Å². The number of ketones is 1. The molecule has 0 saturated heterocycles. The molecule has 1 fully saturated rings. The van der Waals surface area contributed by atoms with Crippen molar-refractivity contribution < 1.29 is 9.59 Å². The van der Waals surface area contributed by atoms with E-state index in [1.54, 1.807) is 0 Å². The number of anilines is 1. The lowest BCUT2D eigenvalue weighted by Gasteiger charge is -2.23. The summed E-state index contributed by atoms with van der Waals surface area (Å²) in [4.78, 5) is 22.6. The molecule has 1 aliphatic carbocycles. The van der Waals surface area contributed by atoms with Crippen molar-refractivity contribution in [2.24, 2.45) is 5.92 Å². The number of amides is 1. The average Bonchev–Trinajstić information content (AvgIpc) is 2.25. The van der Waals surface area contributed by atoms with Gasteiger partial charge in [0.2, 0.25) is 5.91 Å². The Kier molecular flexibility index (Phi) is 3.04. The predicted molar refractivity (Wildman–Crippen MR) is 62.2 cm³/mol. The molecule has 84 valence electrons. The minimum absolute atomic E-state index is 0.0273. The molecule has 0 unspecified atom stereocenters. The van der Waals surface area contributed by atoms with Gasteiger partial charge in [-0.1, -0.05) is 25.1 Å². The maximum Gasteiger partial charge on any atom is 0.228 e. The highest BCUT2D eigenvalue weighted by atomic mass is 16.2. The lowest BCUT2D eigenvalue weighted by atomic mass is 9.83. The summed E-state index contributed by atoms with van der Waals surface area (Å²) in [6.07, 6.45) is 1.69. The Labute approximate surface area is 94.9 Å². The fourth-order valence-corrected chi connectivity index (χ4v) is 1.86.